The van der Waals surface area contributed by atoms with Crippen LogP contribution >= 0.6 is 0 Å². The molecule has 0 aliphatic heterocycles. The van der Waals surface area contributed by atoms with Crippen LogP contribution in [0.1, 0.15) is 48.9 Å². The van der Waals surface area contributed by atoms with Gasteiger partial charge in [0.1, 0.15) is 5.82 Å². The van der Waals surface area contributed by atoms with Crippen LogP contribution in [0.3, 0.4) is 0 Å². The minimum atomic E-state index is -0.350. The number of hydrogen-bond acceptors (Lipinski definition) is 1. The van der Waals surface area contributed by atoms with Gasteiger partial charge in [0.25, 0.3) is 5.91 Å². The van der Waals surface area contributed by atoms with Crippen LogP contribution in [-0.2, 0) is 0 Å². The zero-order valence-corrected chi connectivity index (χ0v) is 11.5. The van der Waals surface area contributed by atoms with Crippen molar-refractivity contribution >= 4 is 5.91 Å². The molecule has 0 spiro atoms. The first kappa shape index (κ1) is 12.4. The Kier molecular flexibility index (Phi) is 2.66. The Morgan fingerprint density at radius 2 is 2.00 bits per heavy atom. The van der Waals surface area contributed by atoms with E-state index in [0.29, 0.717) is 5.56 Å². The Balaban J connectivity index is 1.55. The van der Waals surface area contributed by atoms with Gasteiger partial charge in [-0.2, -0.15) is 0 Å². The van der Waals surface area contributed by atoms with Crippen molar-refractivity contribution in [2.75, 3.05) is 0 Å². The van der Waals surface area contributed by atoms with Crippen molar-refractivity contribution < 1.29 is 9.18 Å². The molecule has 105 valence electrons. The van der Waals surface area contributed by atoms with Crippen molar-refractivity contribution in [2.45, 2.75) is 44.1 Å². The van der Waals surface area contributed by atoms with E-state index in [4.69, 9.17) is 0 Å². The zero-order chi connectivity index (χ0) is 13.7. The summed E-state index contributed by atoms with van der Waals surface area (Å²) < 4.78 is 13.2. The van der Waals surface area contributed by atoms with Gasteiger partial charge in [0.2, 0.25) is 0 Å². The molecule has 0 saturated heterocycles. The molecule has 2 atom stereocenters. The molecule has 1 N–H and O–H groups in total. The molecular formula is C17H19FNO. The van der Waals surface area contributed by atoms with Gasteiger partial charge in [-0.05, 0) is 74.5 Å². The Morgan fingerprint density at radius 1 is 1.25 bits per heavy atom. The van der Waals surface area contributed by atoms with Crippen LogP contribution in [0.15, 0.2) is 24.3 Å². The second kappa shape index (κ2) is 4.31. The van der Waals surface area contributed by atoms with E-state index in [0.717, 1.165) is 31.1 Å². The van der Waals surface area contributed by atoms with Crippen molar-refractivity contribution in [2.24, 2.45) is 11.8 Å². The first-order chi connectivity index (χ1) is 9.62. The summed E-state index contributed by atoms with van der Waals surface area (Å²) in [5.74, 6) is 2.70. The molecule has 2 nitrogen and oxygen atoms in total. The highest BCUT2D eigenvalue weighted by atomic mass is 19.1. The lowest BCUT2D eigenvalue weighted by Crippen LogP contribution is -2.59. The smallest absolute Gasteiger partial charge is 0.251 e. The molecule has 1 aromatic rings. The maximum atomic E-state index is 13.2. The fraction of sp³-hybridized carbons (Fsp3) is 0.529. The van der Waals surface area contributed by atoms with Crippen molar-refractivity contribution in [3.63, 3.8) is 0 Å². The van der Waals surface area contributed by atoms with Crippen LogP contribution in [0.4, 0.5) is 4.39 Å². The number of carbonyl (C=O) groups excluding carboxylic acids is 1. The summed E-state index contributed by atoms with van der Waals surface area (Å²) >= 11 is 0. The third-order valence-electron chi connectivity index (χ3n) is 5.23. The predicted molar refractivity (Wildman–Crippen MR) is 74.5 cm³/mol. The summed E-state index contributed by atoms with van der Waals surface area (Å²) in [5.41, 5.74) is 0.397. The molecule has 4 bridgehead atoms. The minimum Gasteiger partial charge on any atom is -0.347 e. The fourth-order valence-corrected chi connectivity index (χ4v) is 4.89. The molecule has 1 amide bonds. The number of carbonyl (C=O) groups is 1. The van der Waals surface area contributed by atoms with Crippen LogP contribution in [0.2, 0.25) is 0 Å². The highest BCUT2D eigenvalue weighted by Crippen LogP contribution is 2.56. The van der Waals surface area contributed by atoms with Gasteiger partial charge in [0.15, 0.2) is 0 Å². The summed E-state index contributed by atoms with van der Waals surface area (Å²) in [4.78, 5) is 12.4. The van der Waals surface area contributed by atoms with Crippen LogP contribution in [0, 0.1) is 23.6 Å². The van der Waals surface area contributed by atoms with E-state index in [9.17, 15) is 9.18 Å². The van der Waals surface area contributed by atoms with Crippen LogP contribution in [0.5, 0.6) is 0 Å². The Labute approximate surface area is 118 Å². The van der Waals surface area contributed by atoms with Crippen molar-refractivity contribution in [1.82, 2.24) is 5.32 Å². The summed E-state index contributed by atoms with van der Waals surface area (Å²) in [5, 5.41) is 3.24. The van der Waals surface area contributed by atoms with E-state index < -0.39 is 0 Å². The first-order valence-corrected chi connectivity index (χ1v) is 7.54. The highest BCUT2D eigenvalue weighted by molar-refractivity contribution is 5.94. The zero-order valence-electron chi connectivity index (χ0n) is 11.5. The van der Waals surface area contributed by atoms with Crippen molar-refractivity contribution in [3.05, 3.63) is 41.6 Å². The Morgan fingerprint density at radius 3 is 2.65 bits per heavy atom. The van der Waals surface area contributed by atoms with E-state index in [1.165, 1.54) is 31.4 Å². The van der Waals surface area contributed by atoms with E-state index >= 15 is 0 Å². The molecule has 1 radical (unpaired) electrons. The van der Waals surface area contributed by atoms with Gasteiger partial charge in [-0.15, -0.1) is 0 Å². The number of rotatable bonds is 2. The van der Waals surface area contributed by atoms with Crippen molar-refractivity contribution in [3.8, 4) is 0 Å². The molecule has 1 aromatic carbocycles. The van der Waals surface area contributed by atoms with Crippen LogP contribution < -0.4 is 5.32 Å². The monoisotopic (exact) mass is 272 g/mol. The van der Waals surface area contributed by atoms with Crippen molar-refractivity contribution in [1.29, 1.82) is 0 Å². The summed E-state index contributed by atoms with van der Waals surface area (Å²) in [6, 6.07) is 5.98. The first-order valence-electron chi connectivity index (χ1n) is 7.54. The SMILES string of the molecule is O=C(NC12C[C]3CC(CC(C3)C1)C2)c1cccc(F)c1. The number of halogens is 1. The molecule has 0 aromatic heterocycles. The van der Waals surface area contributed by atoms with E-state index in [-0.39, 0.29) is 17.3 Å². The molecule has 4 aliphatic carbocycles. The Hall–Kier alpha value is -1.38. The maximum absolute atomic E-state index is 13.2. The molecule has 4 aliphatic rings. The quantitative estimate of drug-likeness (QED) is 0.877. The highest BCUT2D eigenvalue weighted by Gasteiger charge is 2.51. The fourth-order valence-electron chi connectivity index (χ4n) is 4.89. The molecule has 20 heavy (non-hydrogen) atoms. The third-order valence-corrected chi connectivity index (χ3v) is 5.23. The van der Waals surface area contributed by atoms with E-state index in [2.05, 4.69) is 5.32 Å². The molecule has 4 saturated carbocycles. The topological polar surface area (TPSA) is 29.1 Å². The number of nitrogens with one attached hydrogen (secondary N) is 1. The average Bonchev–Trinajstić information content (AvgIpc) is 2.36. The summed E-state index contributed by atoms with van der Waals surface area (Å²) in [6.45, 7) is 0. The van der Waals surface area contributed by atoms with Gasteiger partial charge < -0.3 is 5.32 Å². The Bertz CT molecular complexity index is 518. The minimum absolute atomic E-state index is 0.0389. The van der Waals surface area contributed by atoms with Crippen LogP contribution in [0.25, 0.3) is 0 Å². The van der Waals surface area contributed by atoms with Gasteiger partial charge in [-0.25, -0.2) is 4.39 Å². The number of hydrogen-bond donors (Lipinski definition) is 1. The average molecular weight is 272 g/mol. The third kappa shape index (κ3) is 2.04. The van der Waals surface area contributed by atoms with Gasteiger partial charge in [0, 0.05) is 11.1 Å². The summed E-state index contributed by atoms with van der Waals surface area (Å²) in [7, 11) is 0. The van der Waals surface area contributed by atoms with Gasteiger partial charge >= 0.3 is 0 Å². The normalized spacial score (nSPS) is 35.2. The second-order valence-corrected chi connectivity index (χ2v) is 6.96. The van der Waals surface area contributed by atoms with Gasteiger partial charge in [-0.3, -0.25) is 4.79 Å². The lowest BCUT2D eigenvalue weighted by atomic mass is 9.53. The number of amides is 1. The summed E-state index contributed by atoms with van der Waals surface area (Å²) in [6.07, 6.45) is 7.13. The molecule has 4 fully saturated rings. The standard InChI is InChI=1S/C17H19FNO/c18-15-3-1-2-14(7-15)16(20)19-17-8-11-4-12(9-17)6-13(5-11)10-17/h1-3,7,11-12H,4-6,8-10H2,(H,19,20). The molecule has 0 heterocycles. The second-order valence-electron chi connectivity index (χ2n) is 6.96. The van der Waals surface area contributed by atoms with Gasteiger partial charge in [0.05, 0.1) is 0 Å². The maximum Gasteiger partial charge on any atom is 0.251 e. The molecular weight excluding hydrogens is 253 g/mol. The molecule has 5 rings (SSSR count). The van der Waals surface area contributed by atoms with E-state index in [1.54, 1.807) is 18.1 Å². The largest absolute Gasteiger partial charge is 0.347 e. The predicted octanol–water partition coefficient (Wildman–Crippen LogP) is 3.48. The van der Waals surface area contributed by atoms with Crippen LogP contribution in [-0.4, -0.2) is 11.4 Å². The lowest BCUT2D eigenvalue weighted by molar-refractivity contribution is 0.0379. The van der Waals surface area contributed by atoms with Gasteiger partial charge in [-0.1, -0.05) is 6.07 Å². The molecule has 2 unspecified atom stereocenters. The number of benzene rings is 1. The van der Waals surface area contributed by atoms with E-state index in [1.807, 2.05) is 0 Å². The lowest BCUT2D eigenvalue weighted by Gasteiger charge is -2.56. The molecule has 3 heteroatoms.